The van der Waals surface area contributed by atoms with Gasteiger partial charge in [0.1, 0.15) is 5.82 Å². The number of hydrogen-bond donors (Lipinski definition) is 1. The fraction of sp³-hybridized carbons (Fsp3) is 0.500. The van der Waals surface area contributed by atoms with Gasteiger partial charge >= 0.3 is 0 Å². The summed E-state index contributed by atoms with van der Waals surface area (Å²) < 4.78 is 32.3. The SMILES string of the molecule is Cc1cc(NCCS(=O)(=O)N2C[C@@H](C)O[C@H](C)C2)nc2ccccc12. The van der Waals surface area contributed by atoms with E-state index < -0.39 is 10.0 Å². The van der Waals surface area contributed by atoms with Crippen LogP contribution in [-0.2, 0) is 14.8 Å². The molecule has 1 fully saturated rings. The number of pyridine rings is 1. The van der Waals surface area contributed by atoms with E-state index in [-0.39, 0.29) is 18.0 Å². The molecule has 0 saturated carbocycles. The number of para-hydroxylation sites is 1. The molecule has 0 spiro atoms. The van der Waals surface area contributed by atoms with Crippen LogP contribution in [0.1, 0.15) is 19.4 Å². The lowest BCUT2D eigenvalue weighted by Gasteiger charge is -2.34. The summed E-state index contributed by atoms with van der Waals surface area (Å²) in [6.07, 6.45) is -0.146. The van der Waals surface area contributed by atoms with Crippen molar-refractivity contribution in [2.45, 2.75) is 33.0 Å². The minimum atomic E-state index is -3.31. The average Bonchev–Trinajstić information content (AvgIpc) is 2.54. The maximum absolute atomic E-state index is 12.6. The summed E-state index contributed by atoms with van der Waals surface area (Å²) in [6.45, 7) is 6.99. The minimum absolute atomic E-state index is 0.0417. The van der Waals surface area contributed by atoms with Crippen LogP contribution in [0.25, 0.3) is 10.9 Å². The van der Waals surface area contributed by atoms with Gasteiger partial charge in [0.05, 0.1) is 23.5 Å². The highest BCUT2D eigenvalue weighted by Gasteiger charge is 2.30. The van der Waals surface area contributed by atoms with E-state index in [4.69, 9.17) is 4.74 Å². The fourth-order valence-corrected chi connectivity index (χ4v) is 4.73. The number of nitrogens with zero attached hydrogens (tertiary/aromatic N) is 2. The summed E-state index contributed by atoms with van der Waals surface area (Å²) in [6, 6.07) is 9.88. The third-order valence-electron chi connectivity index (χ3n) is 4.37. The van der Waals surface area contributed by atoms with Gasteiger partial charge < -0.3 is 10.1 Å². The number of morpholine rings is 1. The summed E-state index contributed by atoms with van der Waals surface area (Å²) >= 11 is 0. The van der Waals surface area contributed by atoms with Crippen LogP contribution in [0.4, 0.5) is 5.82 Å². The first-order valence-corrected chi connectivity index (χ1v) is 10.2. The Morgan fingerprint density at radius 1 is 1.24 bits per heavy atom. The predicted molar refractivity (Wildman–Crippen MR) is 100 cm³/mol. The average molecular weight is 363 g/mol. The van der Waals surface area contributed by atoms with Crippen molar-refractivity contribution in [2.75, 3.05) is 30.7 Å². The molecule has 1 aliphatic rings. The van der Waals surface area contributed by atoms with E-state index in [0.717, 1.165) is 16.5 Å². The van der Waals surface area contributed by atoms with Crippen LogP contribution >= 0.6 is 0 Å². The molecule has 2 aromatic rings. The second kappa shape index (κ2) is 7.27. The van der Waals surface area contributed by atoms with Gasteiger partial charge in [0, 0.05) is 25.0 Å². The number of sulfonamides is 1. The molecular weight excluding hydrogens is 338 g/mol. The number of ether oxygens (including phenoxy) is 1. The third kappa shape index (κ3) is 4.29. The third-order valence-corrected chi connectivity index (χ3v) is 6.17. The first kappa shape index (κ1) is 18.1. The first-order chi connectivity index (χ1) is 11.8. The number of fused-ring (bicyclic) bond motifs is 1. The largest absolute Gasteiger partial charge is 0.373 e. The Morgan fingerprint density at radius 3 is 2.64 bits per heavy atom. The van der Waals surface area contributed by atoms with E-state index in [9.17, 15) is 8.42 Å². The van der Waals surface area contributed by atoms with E-state index >= 15 is 0 Å². The fourth-order valence-electron chi connectivity index (χ4n) is 3.24. The van der Waals surface area contributed by atoms with Crippen molar-refractivity contribution < 1.29 is 13.2 Å². The van der Waals surface area contributed by atoms with E-state index in [1.165, 1.54) is 4.31 Å². The van der Waals surface area contributed by atoms with E-state index in [2.05, 4.69) is 10.3 Å². The highest BCUT2D eigenvalue weighted by molar-refractivity contribution is 7.89. The van der Waals surface area contributed by atoms with Crippen molar-refractivity contribution >= 4 is 26.7 Å². The molecule has 0 radical (unpaired) electrons. The van der Waals surface area contributed by atoms with Crippen molar-refractivity contribution in [2.24, 2.45) is 0 Å². The molecule has 1 saturated heterocycles. The molecule has 136 valence electrons. The van der Waals surface area contributed by atoms with Crippen molar-refractivity contribution in [1.82, 2.24) is 9.29 Å². The molecule has 0 bridgehead atoms. The summed E-state index contributed by atoms with van der Waals surface area (Å²) in [4.78, 5) is 4.55. The van der Waals surface area contributed by atoms with Gasteiger partial charge in [0.2, 0.25) is 10.0 Å². The number of hydrogen-bond acceptors (Lipinski definition) is 5. The van der Waals surface area contributed by atoms with E-state index in [1.807, 2.05) is 51.1 Å². The monoisotopic (exact) mass is 363 g/mol. The normalized spacial score (nSPS) is 22.2. The Bertz CT molecular complexity index is 844. The summed E-state index contributed by atoms with van der Waals surface area (Å²) in [5.74, 6) is 0.745. The lowest BCUT2D eigenvalue weighted by atomic mass is 10.1. The quantitative estimate of drug-likeness (QED) is 0.883. The maximum Gasteiger partial charge on any atom is 0.216 e. The van der Waals surface area contributed by atoms with Gasteiger partial charge in [-0.25, -0.2) is 13.4 Å². The van der Waals surface area contributed by atoms with Crippen molar-refractivity contribution in [3.63, 3.8) is 0 Å². The van der Waals surface area contributed by atoms with E-state index in [1.54, 1.807) is 0 Å². The van der Waals surface area contributed by atoms with Crippen LogP contribution in [0.15, 0.2) is 30.3 Å². The maximum atomic E-state index is 12.6. The zero-order valence-corrected chi connectivity index (χ0v) is 15.7. The van der Waals surface area contributed by atoms with Crippen LogP contribution in [0.3, 0.4) is 0 Å². The number of aryl methyl sites for hydroxylation is 1. The molecule has 2 heterocycles. The van der Waals surface area contributed by atoms with Crippen molar-refractivity contribution in [3.8, 4) is 0 Å². The van der Waals surface area contributed by atoms with Gasteiger partial charge in [-0.2, -0.15) is 4.31 Å². The highest BCUT2D eigenvalue weighted by atomic mass is 32.2. The molecule has 1 aromatic carbocycles. The second-order valence-corrected chi connectivity index (χ2v) is 8.75. The Hall–Kier alpha value is -1.70. The Morgan fingerprint density at radius 2 is 1.92 bits per heavy atom. The molecule has 1 aliphatic heterocycles. The van der Waals surface area contributed by atoms with Gasteiger partial charge in [0.25, 0.3) is 0 Å². The Kier molecular flexibility index (Phi) is 5.27. The van der Waals surface area contributed by atoms with Crippen LogP contribution in [0.5, 0.6) is 0 Å². The smallest absolute Gasteiger partial charge is 0.216 e. The summed E-state index contributed by atoms with van der Waals surface area (Å²) in [5, 5.41) is 4.26. The number of benzene rings is 1. The molecular formula is C18H25N3O3S. The topological polar surface area (TPSA) is 71.5 Å². The zero-order chi connectivity index (χ0) is 18.0. The molecule has 1 N–H and O–H groups in total. The number of anilines is 1. The molecule has 2 atom stereocenters. The van der Waals surface area contributed by atoms with Crippen molar-refractivity contribution in [3.05, 3.63) is 35.9 Å². The van der Waals surface area contributed by atoms with E-state index in [0.29, 0.717) is 25.5 Å². The number of nitrogens with one attached hydrogen (secondary N) is 1. The lowest BCUT2D eigenvalue weighted by Crippen LogP contribution is -2.49. The zero-order valence-electron chi connectivity index (χ0n) is 14.9. The van der Waals surface area contributed by atoms with Gasteiger partial charge in [-0.1, -0.05) is 18.2 Å². The molecule has 25 heavy (non-hydrogen) atoms. The van der Waals surface area contributed by atoms with Gasteiger partial charge in [0.15, 0.2) is 0 Å². The van der Waals surface area contributed by atoms with Gasteiger partial charge in [-0.05, 0) is 38.5 Å². The van der Waals surface area contributed by atoms with Crippen LogP contribution in [0, 0.1) is 6.92 Å². The standard InChI is InChI=1S/C18H25N3O3S/c1-13-10-18(20-17-7-5-4-6-16(13)17)19-8-9-25(22,23)21-11-14(2)24-15(3)12-21/h4-7,10,14-15H,8-9,11-12H2,1-3H3,(H,19,20)/t14-,15-/m1/s1. The number of rotatable bonds is 5. The van der Waals surface area contributed by atoms with Crippen LogP contribution in [0.2, 0.25) is 0 Å². The molecule has 0 unspecified atom stereocenters. The van der Waals surface area contributed by atoms with Crippen LogP contribution < -0.4 is 5.32 Å². The van der Waals surface area contributed by atoms with Crippen molar-refractivity contribution in [1.29, 1.82) is 0 Å². The second-order valence-electron chi connectivity index (χ2n) is 6.66. The van der Waals surface area contributed by atoms with Gasteiger partial charge in [-0.3, -0.25) is 0 Å². The minimum Gasteiger partial charge on any atom is -0.373 e. The highest BCUT2D eigenvalue weighted by Crippen LogP contribution is 2.20. The molecule has 0 aliphatic carbocycles. The van der Waals surface area contributed by atoms with Gasteiger partial charge in [-0.15, -0.1) is 0 Å². The molecule has 6 nitrogen and oxygen atoms in total. The molecule has 1 aromatic heterocycles. The first-order valence-electron chi connectivity index (χ1n) is 8.59. The predicted octanol–water partition coefficient (Wildman–Crippen LogP) is 2.39. The Balaban J connectivity index is 1.64. The summed E-state index contributed by atoms with van der Waals surface area (Å²) in [7, 11) is -3.31. The summed E-state index contributed by atoms with van der Waals surface area (Å²) in [5.41, 5.74) is 2.02. The molecule has 7 heteroatoms. The number of aromatic nitrogens is 1. The molecule has 3 rings (SSSR count). The lowest BCUT2D eigenvalue weighted by molar-refractivity contribution is -0.0440. The van der Waals surface area contributed by atoms with Crippen LogP contribution in [-0.4, -0.2) is 55.3 Å². The Labute approximate surface area is 149 Å². The molecule has 0 amide bonds.